The highest BCUT2D eigenvalue weighted by molar-refractivity contribution is 7.99. The zero-order chi connectivity index (χ0) is 26.0. The van der Waals surface area contributed by atoms with Crippen LogP contribution in [0.4, 0.5) is 5.69 Å². The van der Waals surface area contributed by atoms with Crippen molar-refractivity contribution in [2.45, 2.75) is 18.6 Å². The number of hydrogen-bond acceptors (Lipinski definition) is 7. The molecule has 2 aromatic carbocycles. The Balaban J connectivity index is 1.62. The number of fused-ring (bicyclic) bond motifs is 1. The lowest BCUT2D eigenvalue weighted by Gasteiger charge is -2.10. The van der Waals surface area contributed by atoms with E-state index in [4.69, 9.17) is 0 Å². The van der Waals surface area contributed by atoms with E-state index in [0.717, 1.165) is 15.7 Å². The summed E-state index contributed by atoms with van der Waals surface area (Å²) in [6.07, 6.45) is 0. The number of anilines is 1. The Morgan fingerprint density at radius 3 is 2.31 bits per heavy atom. The van der Waals surface area contributed by atoms with Gasteiger partial charge >= 0.3 is 11.7 Å². The first-order chi connectivity index (χ1) is 17.2. The maximum Gasteiger partial charge on any atom is 0.337 e. The minimum atomic E-state index is -0.475. The molecular weight excluding hydrogens is 482 g/mol. The number of nitrogens with zero attached hydrogens (tertiary/aromatic N) is 4. The molecule has 2 aromatic heterocycles. The summed E-state index contributed by atoms with van der Waals surface area (Å²) in [5, 5.41) is 3.22. The van der Waals surface area contributed by atoms with Gasteiger partial charge in [0, 0.05) is 19.8 Å². The molecule has 0 saturated heterocycles. The molecule has 0 radical (unpaired) electrons. The number of imidazole rings is 1. The fourth-order valence-corrected chi connectivity index (χ4v) is 4.49. The van der Waals surface area contributed by atoms with Gasteiger partial charge in [-0.05, 0) is 36.8 Å². The molecule has 4 aromatic rings. The Bertz CT molecular complexity index is 1570. The normalized spacial score (nSPS) is 11.0. The second kappa shape index (κ2) is 10.2. The van der Waals surface area contributed by atoms with Gasteiger partial charge in [0.2, 0.25) is 5.91 Å². The van der Waals surface area contributed by atoms with Crippen molar-refractivity contribution in [3.8, 4) is 0 Å². The zero-order valence-corrected chi connectivity index (χ0v) is 21.1. The summed E-state index contributed by atoms with van der Waals surface area (Å²) >= 11 is 1.17. The molecule has 1 amide bonds. The molecule has 10 nitrogen and oxygen atoms in total. The molecule has 2 heterocycles. The summed E-state index contributed by atoms with van der Waals surface area (Å²) in [5.74, 6) is -0.734. The van der Waals surface area contributed by atoms with Gasteiger partial charge in [0.1, 0.15) is 0 Å². The van der Waals surface area contributed by atoms with Gasteiger partial charge < -0.3 is 14.6 Å². The Labute approximate surface area is 210 Å². The maximum atomic E-state index is 13.0. The number of aromatic nitrogens is 4. The van der Waals surface area contributed by atoms with Crippen molar-refractivity contribution in [1.82, 2.24) is 18.7 Å². The smallest absolute Gasteiger partial charge is 0.337 e. The number of carbonyl (C=O) groups excluding carboxylic acids is 2. The Morgan fingerprint density at radius 1 is 1.00 bits per heavy atom. The third-order valence-corrected chi connectivity index (χ3v) is 6.67. The predicted octanol–water partition coefficient (Wildman–Crippen LogP) is 2.31. The van der Waals surface area contributed by atoms with E-state index in [1.54, 1.807) is 35.9 Å². The fourth-order valence-electron chi connectivity index (χ4n) is 3.69. The number of methoxy groups -OCH3 is 1. The van der Waals surface area contributed by atoms with Gasteiger partial charge in [-0.2, -0.15) is 0 Å². The van der Waals surface area contributed by atoms with Gasteiger partial charge in [0.15, 0.2) is 16.3 Å². The summed E-state index contributed by atoms with van der Waals surface area (Å²) in [6, 6.07) is 14.2. The summed E-state index contributed by atoms with van der Waals surface area (Å²) in [4.78, 5) is 54.3. The van der Waals surface area contributed by atoms with Crippen LogP contribution in [0.5, 0.6) is 0 Å². The monoisotopic (exact) mass is 507 g/mol. The average molecular weight is 508 g/mol. The second-order valence-electron chi connectivity index (χ2n) is 8.25. The third-order valence-electron chi connectivity index (χ3n) is 5.70. The summed E-state index contributed by atoms with van der Waals surface area (Å²) in [6.45, 7) is 2.34. The lowest BCUT2D eigenvalue weighted by molar-refractivity contribution is -0.113. The van der Waals surface area contributed by atoms with E-state index in [0.29, 0.717) is 28.5 Å². The first kappa shape index (κ1) is 25.0. The van der Waals surface area contributed by atoms with Crippen molar-refractivity contribution in [3.63, 3.8) is 0 Å². The van der Waals surface area contributed by atoms with Gasteiger partial charge in [-0.25, -0.2) is 14.6 Å². The van der Waals surface area contributed by atoms with E-state index in [9.17, 15) is 19.2 Å². The molecule has 0 fully saturated rings. The van der Waals surface area contributed by atoms with Gasteiger partial charge in [0.25, 0.3) is 5.56 Å². The van der Waals surface area contributed by atoms with Crippen LogP contribution in [0.15, 0.2) is 63.3 Å². The number of carbonyl (C=O) groups is 2. The van der Waals surface area contributed by atoms with Gasteiger partial charge in [0.05, 0.1) is 25.0 Å². The molecule has 0 unspecified atom stereocenters. The van der Waals surface area contributed by atoms with Crippen LogP contribution < -0.4 is 16.6 Å². The lowest BCUT2D eigenvalue weighted by atomic mass is 10.1. The van der Waals surface area contributed by atoms with Crippen molar-refractivity contribution in [3.05, 3.63) is 86.1 Å². The molecule has 0 aliphatic rings. The van der Waals surface area contributed by atoms with E-state index in [1.165, 1.54) is 30.5 Å². The first-order valence-electron chi connectivity index (χ1n) is 11.0. The minimum absolute atomic E-state index is 0.0181. The summed E-state index contributed by atoms with van der Waals surface area (Å²) in [7, 11) is 4.29. The van der Waals surface area contributed by atoms with Crippen LogP contribution in [-0.4, -0.2) is 43.4 Å². The van der Waals surface area contributed by atoms with Crippen LogP contribution in [0.25, 0.3) is 11.2 Å². The molecule has 0 bridgehead atoms. The van der Waals surface area contributed by atoms with Crippen molar-refractivity contribution in [1.29, 1.82) is 0 Å². The number of nitrogens with one attached hydrogen (secondary N) is 1. The van der Waals surface area contributed by atoms with E-state index < -0.39 is 17.2 Å². The summed E-state index contributed by atoms with van der Waals surface area (Å²) in [5.41, 5.74) is 2.59. The van der Waals surface area contributed by atoms with E-state index in [-0.39, 0.29) is 17.3 Å². The van der Waals surface area contributed by atoms with Crippen LogP contribution in [0.3, 0.4) is 0 Å². The highest BCUT2D eigenvalue weighted by Crippen LogP contribution is 2.23. The topological polar surface area (TPSA) is 117 Å². The highest BCUT2D eigenvalue weighted by Gasteiger charge is 2.20. The number of amides is 1. The SMILES string of the molecule is COC(=O)c1ccc(NC(=O)CSc2nc3c(c(=O)n(C)c(=O)n3C)n2Cc2ccc(C)cc2)cc1. The Morgan fingerprint density at radius 2 is 1.67 bits per heavy atom. The highest BCUT2D eigenvalue weighted by atomic mass is 32.2. The molecule has 11 heteroatoms. The van der Waals surface area contributed by atoms with Gasteiger partial charge in [-0.3, -0.25) is 18.7 Å². The van der Waals surface area contributed by atoms with Crippen molar-refractivity contribution < 1.29 is 14.3 Å². The number of hydrogen-bond donors (Lipinski definition) is 1. The molecule has 1 N–H and O–H groups in total. The van der Waals surface area contributed by atoms with Gasteiger partial charge in [-0.15, -0.1) is 0 Å². The molecule has 0 aliphatic carbocycles. The van der Waals surface area contributed by atoms with Crippen molar-refractivity contribution >= 4 is 40.5 Å². The third kappa shape index (κ3) is 4.96. The molecular formula is C25H25N5O5S. The van der Waals surface area contributed by atoms with Crippen LogP contribution in [0.2, 0.25) is 0 Å². The standard InChI is InChI=1S/C25H25N5O5S/c1-15-5-7-16(8-6-15)13-30-20-21(28(2)25(34)29(3)22(20)32)27-24(30)36-14-19(31)26-18-11-9-17(10-12-18)23(33)35-4/h5-12H,13-14H2,1-4H3,(H,26,31). The molecule has 186 valence electrons. The first-order valence-corrected chi connectivity index (χ1v) is 12.0. The Kier molecular flexibility index (Phi) is 7.11. The number of thioether (sulfide) groups is 1. The predicted molar refractivity (Wildman–Crippen MR) is 138 cm³/mol. The average Bonchev–Trinajstić information content (AvgIpc) is 3.24. The number of ether oxygens (including phenoxy) is 1. The van der Waals surface area contributed by atoms with Gasteiger partial charge in [-0.1, -0.05) is 41.6 Å². The van der Waals surface area contributed by atoms with Crippen LogP contribution >= 0.6 is 11.8 Å². The van der Waals surface area contributed by atoms with E-state index in [2.05, 4.69) is 15.0 Å². The molecule has 0 atom stereocenters. The van der Waals surface area contributed by atoms with Crippen molar-refractivity contribution in [2.24, 2.45) is 14.1 Å². The quantitative estimate of drug-likeness (QED) is 0.301. The molecule has 0 saturated carbocycles. The Hall–Kier alpha value is -4.12. The van der Waals surface area contributed by atoms with E-state index in [1.807, 2.05) is 31.2 Å². The lowest BCUT2D eigenvalue weighted by Crippen LogP contribution is -2.37. The number of rotatable bonds is 7. The van der Waals surface area contributed by atoms with Crippen LogP contribution in [-0.2, 0) is 30.2 Å². The largest absolute Gasteiger partial charge is 0.465 e. The fraction of sp³-hybridized carbons (Fsp3) is 0.240. The second-order valence-corrected chi connectivity index (χ2v) is 9.19. The minimum Gasteiger partial charge on any atom is -0.465 e. The summed E-state index contributed by atoms with van der Waals surface area (Å²) < 4.78 is 8.80. The molecule has 0 aliphatic heterocycles. The molecule has 4 rings (SSSR count). The van der Waals surface area contributed by atoms with Crippen LogP contribution in [0, 0.1) is 6.92 Å². The zero-order valence-electron chi connectivity index (χ0n) is 20.3. The van der Waals surface area contributed by atoms with Crippen LogP contribution in [0.1, 0.15) is 21.5 Å². The molecule has 36 heavy (non-hydrogen) atoms. The van der Waals surface area contributed by atoms with E-state index >= 15 is 0 Å². The number of benzene rings is 2. The number of aryl methyl sites for hydroxylation is 2. The molecule has 0 spiro atoms. The van der Waals surface area contributed by atoms with Crippen molar-refractivity contribution in [2.75, 3.05) is 18.2 Å². The maximum absolute atomic E-state index is 13.0. The number of esters is 1.